The Kier molecular flexibility index (Phi) is 4.53. The van der Waals surface area contributed by atoms with E-state index in [1.807, 2.05) is 24.3 Å². The first kappa shape index (κ1) is 14.5. The first-order valence-electron chi connectivity index (χ1n) is 7.13. The second-order valence-corrected chi connectivity index (χ2v) is 5.70. The highest BCUT2D eigenvalue weighted by Crippen LogP contribution is 2.27. The van der Waals surface area contributed by atoms with E-state index in [1.54, 1.807) is 0 Å². The van der Waals surface area contributed by atoms with Crippen molar-refractivity contribution in [3.63, 3.8) is 0 Å². The van der Waals surface area contributed by atoms with Crippen LogP contribution in [0.25, 0.3) is 0 Å². The molecule has 1 saturated heterocycles. The third kappa shape index (κ3) is 3.43. The van der Waals surface area contributed by atoms with Crippen LogP contribution in [0.15, 0.2) is 28.8 Å². The molecule has 0 radical (unpaired) electrons. The lowest BCUT2D eigenvalue weighted by atomic mass is 9.92. The molecule has 1 aromatic carbocycles. The molecule has 1 fully saturated rings. The molecule has 1 aliphatic rings. The van der Waals surface area contributed by atoms with Gasteiger partial charge in [0.25, 0.3) is 0 Å². The molecule has 6 heteroatoms. The van der Waals surface area contributed by atoms with Gasteiger partial charge in [-0.05, 0) is 30.4 Å². The third-order valence-electron chi connectivity index (χ3n) is 3.85. The van der Waals surface area contributed by atoms with Crippen molar-refractivity contribution in [3.8, 4) is 0 Å². The van der Waals surface area contributed by atoms with Gasteiger partial charge in [-0.3, -0.25) is 0 Å². The van der Waals surface area contributed by atoms with Gasteiger partial charge in [-0.2, -0.15) is 4.98 Å². The lowest BCUT2D eigenvalue weighted by molar-refractivity contribution is 0.0546. The van der Waals surface area contributed by atoms with Gasteiger partial charge in [0.2, 0.25) is 5.89 Å². The first-order chi connectivity index (χ1) is 10.2. The molecule has 0 aliphatic carbocycles. The summed E-state index contributed by atoms with van der Waals surface area (Å²) in [4.78, 5) is 4.42. The molecule has 21 heavy (non-hydrogen) atoms. The second kappa shape index (κ2) is 6.56. The van der Waals surface area contributed by atoms with Crippen molar-refractivity contribution in [1.29, 1.82) is 0 Å². The van der Waals surface area contributed by atoms with Crippen LogP contribution in [0, 0.1) is 5.92 Å². The van der Waals surface area contributed by atoms with Crippen molar-refractivity contribution in [2.75, 3.05) is 13.2 Å². The van der Waals surface area contributed by atoms with E-state index in [1.165, 1.54) is 0 Å². The summed E-state index contributed by atoms with van der Waals surface area (Å²) in [6.07, 6.45) is 2.41. The SMILES string of the molecule is N[C@@H](c1nc(Cc2ccccc2Cl)no1)C1CCOCC1. The van der Waals surface area contributed by atoms with E-state index >= 15 is 0 Å². The number of halogens is 1. The minimum absolute atomic E-state index is 0.221. The van der Waals surface area contributed by atoms with Crippen LogP contribution in [0.1, 0.15) is 36.2 Å². The van der Waals surface area contributed by atoms with Crippen LogP contribution in [0.2, 0.25) is 5.02 Å². The van der Waals surface area contributed by atoms with Gasteiger partial charge < -0.3 is 15.0 Å². The summed E-state index contributed by atoms with van der Waals surface area (Å²) in [6, 6.07) is 7.42. The molecule has 0 amide bonds. The van der Waals surface area contributed by atoms with Crippen molar-refractivity contribution < 1.29 is 9.26 Å². The topological polar surface area (TPSA) is 74.2 Å². The predicted octanol–water partition coefficient (Wildman–Crippen LogP) is 2.74. The maximum absolute atomic E-state index is 6.23. The maximum atomic E-state index is 6.23. The first-order valence-corrected chi connectivity index (χ1v) is 7.51. The van der Waals surface area contributed by atoms with E-state index in [0.717, 1.165) is 31.6 Å². The number of aromatic nitrogens is 2. The van der Waals surface area contributed by atoms with E-state index in [2.05, 4.69) is 10.1 Å². The lowest BCUT2D eigenvalue weighted by Crippen LogP contribution is -2.27. The Hall–Kier alpha value is -1.43. The van der Waals surface area contributed by atoms with Crippen LogP contribution < -0.4 is 5.73 Å². The average Bonchev–Trinajstić information content (AvgIpc) is 2.98. The highest BCUT2D eigenvalue weighted by Gasteiger charge is 2.26. The Morgan fingerprint density at radius 3 is 2.81 bits per heavy atom. The number of ether oxygens (including phenoxy) is 1. The Bertz CT molecular complexity index is 596. The smallest absolute Gasteiger partial charge is 0.243 e. The summed E-state index contributed by atoms with van der Waals surface area (Å²) < 4.78 is 10.7. The van der Waals surface area contributed by atoms with E-state index in [-0.39, 0.29) is 6.04 Å². The molecular weight excluding hydrogens is 290 g/mol. The molecule has 0 spiro atoms. The zero-order chi connectivity index (χ0) is 14.7. The number of rotatable bonds is 4. The quantitative estimate of drug-likeness (QED) is 0.940. The van der Waals surface area contributed by atoms with Gasteiger partial charge in [0.1, 0.15) is 0 Å². The monoisotopic (exact) mass is 307 g/mol. The molecule has 2 aromatic rings. The number of nitrogens with two attached hydrogens (primary N) is 1. The molecule has 0 saturated carbocycles. The zero-order valence-electron chi connectivity index (χ0n) is 11.7. The normalized spacial score (nSPS) is 17.8. The van der Waals surface area contributed by atoms with Gasteiger partial charge in [-0.25, -0.2) is 0 Å². The fourth-order valence-electron chi connectivity index (χ4n) is 2.56. The lowest BCUT2D eigenvalue weighted by Gasteiger charge is -2.25. The van der Waals surface area contributed by atoms with Crippen LogP contribution in [-0.4, -0.2) is 23.4 Å². The summed E-state index contributed by atoms with van der Waals surface area (Å²) in [5.74, 6) is 1.46. The summed E-state index contributed by atoms with van der Waals surface area (Å²) in [6.45, 7) is 1.50. The fourth-order valence-corrected chi connectivity index (χ4v) is 2.77. The minimum Gasteiger partial charge on any atom is -0.381 e. The van der Waals surface area contributed by atoms with E-state index in [9.17, 15) is 0 Å². The van der Waals surface area contributed by atoms with Crippen molar-refractivity contribution in [2.24, 2.45) is 11.7 Å². The summed E-state index contributed by atoms with van der Waals surface area (Å²) in [5, 5.41) is 4.72. The summed E-state index contributed by atoms with van der Waals surface area (Å²) >= 11 is 6.14. The Morgan fingerprint density at radius 2 is 2.05 bits per heavy atom. The molecule has 0 unspecified atom stereocenters. The Morgan fingerprint density at radius 1 is 1.29 bits per heavy atom. The maximum Gasteiger partial charge on any atom is 0.243 e. The summed E-state index contributed by atoms with van der Waals surface area (Å²) in [5.41, 5.74) is 7.21. The highest BCUT2D eigenvalue weighted by molar-refractivity contribution is 6.31. The number of benzene rings is 1. The van der Waals surface area contributed by atoms with Gasteiger partial charge in [0.05, 0.1) is 6.04 Å². The van der Waals surface area contributed by atoms with Gasteiger partial charge in [0.15, 0.2) is 5.82 Å². The summed E-state index contributed by atoms with van der Waals surface area (Å²) in [7, 11) is 0. The number of nitrogens with zero attached hydrogens (tertiary/aromatic N) is 2. The van der Waals surface area contributed by atoms with Crippen molar-refractivity contribution in [3.05, 3.63) is 46.6 Å². The molecule has 112 valence electrons. The molecule has 3 rings (SSSR count). The van der Waals surface area contributed by atoms with Crippen LogP contribution in [0.3, 0.4) is 0 Å². The molecule has 1 aliphatic heterocycles. The van der Waals surface area contributed by atoms with Crippen molar-refractivity contribution in [1.82, 2.24) is 10.1 Å². The van der Waals surface area contributed by atoms with E-state index in [4.69, 9.17) is 26.6 Å². The molecule has 0 bridgehead atoms. The fraction of sp³-hybridized carbons (Fsp3) is 0.467. The van der Waals surface area contributed by atoms with Crippen LogP contribution in [0.5, 0.6) is 0 Å². The van der Waals surface area contributed by atoms with Crippen LogP contribution in [-0.2, 0) is 11.2 Å². The van der Waals surface area contributed by atoms with E-state index in [0.29, 0.717) is 29.1 Å². The number of hydrogen-bond donors (Lipinski definition) is 1. The van der Waals surface area contributed by atoms with E-state index < -0.39 is 0 Å². The largest absolute Gasteiger partial charge is 0.381 e. The molecule has 5 nitrogen and oxygen atoms in total. The molecule has 2 N–H and O–H groups in total. The standard InChI is InChI=1S/C15H18ClN3O2/c16-12-4-2-1-3-11(12)9-13-18-15(21-19-13)14(17)10-5-7-20-8-6-10/h1-4,10,14H,5-9,17H2/t14-/m1/s1. The number of hydrogen-bond acceptors (Lipinski definition) is 5. The molecular formula is C15H18ClN3O2. The molecule has 1 aromatic heterocycles. The van der Waals surface area contributed by atoms with Crippen molar-refractivity contribution in [2.45, 2.75) is 25.3 Å². The van der Waals surface area contributed by atoms with Gasteiger partial charge >= 0.3 is 0 Å². The Labute approximate surface area is 128 Å². The predicted molar refractivity (Wildman–Crippen MR) is 79.0 cm³/mol. The van der Waals surface area contributed by atoms with Crippen LogP contribution >= 0.6 is 11.6 Å². The van der Waals surface area contributed by atoms with Crippen molar-refractivity contribution >= 4 is 11.6 Å². The van der Waals surface area contributed by atoms with Crippen LogP contribution in [0.4, 0.5) is 0 Å². The highest BCUT2D eigenvalue weighted by atomic mass is 35.5. The zero-order valence-corrected chi connectivity index (χ0v) is 12.4. The van der Waals surface area contributed by atoms with Gasteiger partial charge in [-0.1, -0.05) is 35.0 Å². The Balaban J connectivity index is 1.69. The second-order valence-electron chi connectivity index (χ2n) is 5.29. The third-order valence-corrected chi connectivity index (χ3v) is 4.22. The minimum atomic E-state index is -0.221. The molecule has 2 heterocycles. The average molecular weight is 308 g/mol. The van der Waals surface area contributed by atoms with Gasteiger partial charge in [0, 0.05) is 24.7 Å². The molecule has 1 atom stereocenters. The van der Waals surface area contributed by atoms with Gasteiger partial charge in [-0.15, -0.1) is 0 Å².